The molecule has 0 aromatic heterocycles. The standard InChI is InChI=1S/C18H17BrF3NO3/c1-3-8-26-16-7-4-11(18(20,21)22)9-15(16)23-17(24)13-10-12(25-2)5-6-14(13)19/h4-7,9-10H,3,8H2,1-2H3,(H,23,24). The molecule has 0 saturated carbocycles. The van der Waals surface area contributed by atoms with Crippen LogP contribution in [-0.4, -0.2) is 19.6 Å². The Labute approximate surface area is 157 Å². The van der Waals surface area contributed by atoms with E-state index >= 15 is 0 Å². The minimum Gasteiger partial charge on any atom is -0.497 e. The van der Waals surface area contributed by atoms with Crippen LogP contribution < -0.4 is 14.8 Å². The summed E-state index contributed by atoms with van der Waals surface area (Å²) >= 11 is 3.25. The Bertz CT molecular complexity index is 794. The summed E-state index contributed by atoms with van der Waals surface area (Å²) < 4.78 is 50.0. The Kier molecular flexibility index (Phi) is 6.52. The highest BCUT2D eigenvalue weighted by Crippen LogP contribution is 2.35. The molecule has 0 aliphatic rings. The average molecular weight is 432 g/mol. The minimum atomic E-state index is -4.53. The van der Waals surface area contributed by atoms with E-state index in [0.29, 0.717) is 23.2 Å². The smallest absolute Gasteiger partial charge is 0.416 e. The minimum absolute atomic E-state index is 0.0482. The van der Waals surface area contributed by atoms with Crippen molar-refractivity contribution >= 4 is 27.5 Å². The molecule has 0 saturated heterocycles. The van der Waals surface area contributed by atoms with Crippen LogP contribution in [0.2, 0.25) is 0 Å². The molecule has 0 fully saturated rings. The van der Waals surface area contributed by atoms with Crippen molar-refractivity contribution in [1.82, 2.24) is 0 Å². The van der Waals surface area contributed by atoms with Gasteiger partial charge in [0.15, 0.2) is 0 Å². The highest BCUT2D eigenvalue weighted by Gasteiger charge is 2.31. The Balaban J connectivity index is 2.38. The number of amides is 1. The first kappa shape index (κ1) is 20.1. The van der Waals surface area contributed by atoms with Crippen LogP contribution in [0.4, 0.5) is 18.9 Å². The molecule has 2 aromatic carbocycles. The van der Waals surface area contributed by atoms with Gasteiger partial charge in [0.2, 0.25) is 0 Å². The number of hydrogen-bond acceptors (Lipinski definition) is 3. The maximum atomic E-state index is 13.0. The summed E-state index contributed by atoms with van der Waals surface area (Å²) in [5, 5.41) is 2.49. The lowest BCUT2D eigenvalue weighted by Gasteiger charge is -2.15. The van der Waals surface area contributed by atoms with Crippen molar-refractivity contribution in [2.45, 2.75) is 19.5 Å². The third kappa shape index (κ3) is 4.91. The number of nitrogens with one attached hydrogen (secondary N) is 1. The topological polar surface area (TPSA) is 47.6 Å². The zero-order valence-electron chi connectivity index (χ0n) is 14.1. The van der Waals surface area contributed by atoms with E-state index in [9.17, 15) is 18.0 Å². The van der Waals surface area contributed by atoms with E-state index in [1.165, 1.54) is 19.2 Å². The number of hydrogen-bond donors (Lipinski definition) is 1. The van der Waals surface area contributed by atoms with Gasteiger partial charge in [0.25, 0.3) is 5.91 Å². The van der Waals surface area contributed by atoms with E-state index in [0.717, 1.165) is 12.1 Å². The third-order valence-electron chi connectivity index (χ3n) is 3.43. The van der Waals surface area contributed by atoms with Gasteiger partial charge in [0.05, 0.1) is 30.5 Å². The number of carbonyl (C=O) groups is 1. The summed E-state index contributed by atoms with van der Waals surface area (Å²) in [6, 6.07) is 7.74. The monoisotopic (exact) mass is 431 g/mol. The SMILES string of the molecule is CCCOc1ccc(C(F)(F)F)cc1NC(=O)c1cc(OC)ccc1Br. The highest BCUT2D eigenvalue weighted by molar-refractivity contribution is 9.10. The van der Waals surface area contributed by atoms with Crippen molar-refractivity contribution < 1.29 is 27.4 Å². The number of halogens is 4. The molecular weight excluding hydrogens is 415 g/mol. The van der Waals surface area contributed by atoms with Crippen molar-refractivity contribution in [1.29, 1.82) is 0 Å². The fourth-order valence-corrected chi connectivity index (χ4v) is 2.56. The van der Waals surface area contributed by atoms with E-state index in [4.69, 9.17) is 9.47 Å². The van der Waals surface area contributed by atoms with E-state index in [1.54, 1.807) is 12.1 Å². The second kappa shape index (κ2) is 8.44. The van der Waals surface area contributed by atoms with Crippen LogP contribution in [0.1, 0.15) is 29.3 Å². The van der Waals surface area contributed by atoms with E-state index in [-0.39, 0.29) is 17.0 Å². The lowest BCUT2D eigenvalue weighted by molar-refractivity contribution is -0.137. The van der Waals surface area contributed by atoms with Gasteiger partial charge in [-0.25, -0.2) is 0 Å². The van der Waals surface area contributed by atoms with Gasteiger partial charge in [-0.2, -0.15) is 13.2 Å². The van der Waals surface area contributed by atoms with Gasteiger partial charge in [-0.15, -0.1) is 0 Å². The zero-order valence-corrected chi connectivity index (χ0v) is 15.7. The third-order valence-corrected chi connectivity index (χ3v) is 4.13. The first-order valence-electron chi connectivity index (χ1n) is 7.75. The molecule has 4 nitrogen and oxygen atoms in total. The van der Waals surface area contributed by atoms with Gasteiger partial charge in [0, 0.05) is 4.47 Å². The molecule has 1 amide bonds. The maximum absolute atomic E-state index is 13.0. The molecule has 0 bridgehead atoms. The van der Waals surface area contributed by atoms with Gasteiger partial charge < -0.3 is 14.8 Å². The number of rotatable bonds is 6. The van der Waals surface area contributed by atoms with Crippen LogP contribution in [0, 0.1) is 0 Å². The maximum Gasteiger partial charge on any atom is 0.416 e. The molecule has 140 valence electrons. The van der Waals surface area contributed by atoms with Crippen LogP contribution in [-0.2, 0) is 6.18 Å². The lowest BCUT2D eigenvalue weighted by atomic mass is 10.1. The number of benzene rings is 2. The lowest BCUT2D eigenvalue weighted by Crippen LogP contribution is -2.15. The summed E-state index contributed by atoms with van der Waals surface area (Å²) in [4.78, 5) is 12.6. The number of alkyl halides is 3. The molecule has 26 heavy (non-hydrogen) atoms. The van der Waals surface area contributed by atoms with Gasteiger partial charge in [-0.05, 0) is 58.7 Å². The molecule has 0 atom stereocenters. The number of anilines is 1. The Morgan fingerprint density at radius 1 is 1.19 bits per heavy atom. The first-order chi connectivity index (χ1) is 12.3. The van der Waals surface area contributed by atoms with Gasteiger partial charge in [0.1, 0.15) is 11.5 Å². The van der Waals surface area contributed by atoms with Crippen molar-refractivity contribution in [2.75, 3.05) is 19.0 Å². The predicted molar refractivity (Wildman–Crippen MR) is 95.9 cm³/mol. The van der Waals surface area contributed by atoms with Crippen LogP contribution in [0.15, 0.2) is 40.9 Å². The highest BCUT2D eigenvalue weighted by atomic mass is 79.9. The number of carbonyl (C=O) groups excluding carboxylic acids is 1. The molecule has 8 heteroatoms. The van der Waals surface area contributed by atoms with Crippen molar-refractivity contribution in [3.63, 3.8) is 0 Å². The van der Waals surface area contributed by atoms with E-state index in [1.807, 2.05) is 6.92 Å². The molecule has 0 aliphatic carbocycles. The van der Waals surface area contributed by atoms with Crippen molar-refractivity contribution in [3.05, 3.63) is 52.0 Å². The molecule has 2 aromatic rings. The second-order valence-corrected chi connectivity index (χ2v) is 6.21. The van der Waals surface area contributed by atoms with Gasteiger partial charge in [-0.1, -0.05) is 6.92 Å². The molecule has 0 spiro atoms. The fraction of sp³-hybridized carbons (Fsp3) is 0.278. The number of ether oxygens (including phenoxy) is 2. The van der Waals surface area contributed by atoms with Gasteiger partial charge in [-0.3, -0.25) is 4.79 Å². The fourth-order valence-electron chi connectivity index (χ4n) is 2.14. The molecular formula is C18H17BrF3NO3. The first-order valence-corrected chi connectivity index (χ1v) is 8.54. The van der Waals surface area contributed by atoms with Crippen molar-refractivity contribution in [2.24, 2.45) is 0 Å². The van der Waals surface area contributed by atoms with E-state index in [2.05, 4.69) is 21.2 Å². The molecule has 2 rings (SSSR count). The quantitative estimate of drug-likeness (QED) is 0.654. The number of methoxy groups -OCH3 is 1. The zero-order chi connectivity index (χ0) is 19.3. The average Bonchev–Trinajstić information content (AvgIpc) is 2.60. The summed E-state index contributed by atoms with van der Waals surface area (Å²) in [6.45, 7) is 2.19. The largest absolute Gasteiger partial charge is 0.497 e. The van der Waals surface area contributed by atoms with Crippen LogP contribution in [0.5, 0.6) is 11.5 Å². The van der Waals surface area contributed by atoms with Crippen LogP contribution in [0.3, 0.4) is 0 Å². The predicted octanol–water partition coefficient (Wildman–Crippen LogP) is 5.52. The Hall–Kier alpha value is -2.22. The Morgan fingerprint density at radius 3 is 2.54 bits per heavy atom. The normalized spacial score (nSPS) is 11.2. The van der Waals surface area contributed by atoms with Crippen LogP contribution in [0.25, 0.3) is 0 Å². The second-order valence-electron chi connectivity index (χ2n) is 5.36. The van der Waals surface area contributed by atoms with Gasteiger partial charge >= 0.3 is 6.18 Å². The van der Waals surface area contributed by atoms with Crippen molar-refractivity contribution in [3.8, 4) is 11.5 Å². The van der Waals surface area contributed by atoms with Crippen LogP contribution >= 0.6 is 15.9 Å². The summed E-state index contributed by atoms with van der Waals surface area (Å²) in [5.74, 6) is 0.0357. The molecule has 0 radical (unpaired) electrons. The summed E-state index contributed by atoms with van der Waals surface area (Å²) in [5.41, 5.74) is -0.697. The molecule has 0 unspecified atom stereocenters. The molecule has 0 heterocycles. The summed E-state index contributed by atoms with van der Waals surface area (Å²) in [7, 11) is 1.45. The summed E-state index contributed by atoms with van der Waals surface area (Å²) in [6.07, 6.45) is -3.85. The Morgan fingerprint density at radius 2 is 1.92 bits per heavy atom. The van der Waals surface area contributed by atoms with E-state index < -0.39 is 17.6 Å². The molecule has 0 aliphatic heterocycles. The molecule has 1 N–H and O–H groups in total.